The molecule has 3 N–H and O–H groups in total. The molecule has 0 spiro atoms. The van der Waals surface area contributed by atoms with Crippen LogP contribution in [0.5, 0.6) is 5.75 Å². The number of benzene rings is 1. The predicted molar refractivity (Wildman–Crippen MR) is 73.8 cm³/mol. The Morgan fingerprint density at radius 1 is 1.05 bits per heavy atom. The fraction of sp³-hybridized carbons (Fsp3) is 0. The molecule has 1 heterocycles. The third-order valence-corrected chi connectivity index (χ3v) is 2.44. The number of carbonyl (C=O) groups excluding carboxylic acids is 3. The zero-order valence-corrected chi connectivity index (χ0v) is 11.2. The van der Waals surface area contributed by atoms with Crippen LogP contribution in [0.25, 0.3) is 0 Å². The number of nitrogens with one attached hydrogen (secondary N) is 1. The van der Waals surface area contributed by atoms with Crippen molar-refractivity contribution in [2.45, 2.75) is 0 Å². The summed E-state index contributed by atoms with van der Waals surface area (Å²) in [6.07, 6.45) is 1.38. The minimum absolute atomic E-state index is 0.00506. The monoisotopic (exact) mass is 301 g/mol. The van der Waals surface area contributed by atoms with E-state index in [-0.39, 0.29) is 16.9 Å². The van der Waals surface area contributed by atoms with Gasteiger partial charge >= 0.3 is 12.1 Å². The molecule has 1 aromatic carbocycles. The minimum atomic E-state index is -1.03. The van der Waals surface area contributed by atoms with Gasteiger partial charge in [0.1, 0.15) is 0 Å². The van der Waals surface area contributed by atoms with E-state index in [2.05, 4.69) is 14.6 Å². The van der Waals surface area contributed by atoms with Gasteiger partial charge in [-0.05, 0) is 18.2 Å². The number of nitrogens with two attached hydrogens (primary N) is 1. The lowest BCUT2D eigenvalue weighted by Gasteiger charge is -2.06. The molecule has 8 heteroatoms. The number of rotatable bonds is 3. The van der Waals surface area contributed by atoms with Crippen molar-refractivity contribution in [3.8, 4) is 5.75 Å². The van der Waals surface area contributed by atoms with Crippen LogP contribution < -0.4 is 16.0 Å². The maximum Gasteiger partial charge on any atom is 0.410 e. The van der Waals surface area contributed by atoms with E-state index in [4.69, 9.17) is 5.73 Å². The standard InChI is InChI=1S/C14H11N3O5/c15-14(20)21-11-6-10(7-16-8-11)12(18)17-22-13(19)9-4-2-1-3-5-9/h1-8H,(H2,15,20)(H,17,18). The van der Waals surface area contributed by atoms with Gasteiger partial charge in [0.05, 0.1) is 17.3 Å². The van der Waals surface area contributed by atoms with Crippen LogP contribution in [0.2, 0.25) is 0 Å². The summed E-state index contributed by atoms with van der Waals surface area (Å²) in [5.41, 5.74) is 7.14. The molecule has 0 bridgehead atoms. The molecule has 2 amide bonds. The molecule has 2 aromatic rings. The largest absolute Gasteiger partial charge is 0.410 e. The number of pyridine rings is 1. The van der Waals surface area contributed by atoms with Gasteiger partial charge in [-0.1, -0.05) is 18.2 Å². The third-order valence-electron chi connectivity index (χ3n) is 2.44. The summed E-state index contributed by atoms with van der Waals surface area (Å²) in [6, 6.07) is 9.36. The summed E-state index contributed by atoms with van der Waals surface area (Å²) in [5, 5.41) is 0. The van der Waals surface area contributed by atoms with E-state index in [1.165, 1.54) is 30.6 Å². The number of hydrogen-bond donors (Lipinski definition) is 2. The highest BCUT2D eigenvalue weighted by molar-refractivity contribution is 5.96. The van der Waals surface area contributed by atoms with E-state index in [9.17, 15) is 14.4 Å². The zero-order valence-electron chi connectivity index (χ0n) is 11.2. The second-order valence-corrected chi connectivity index (χ2v) is 4.02. The highest BCUT2D eigenvalue weighted by atomic mass is 16.7. The summed E-state index contributed by atoms with van der Waals surface area (Å²) in [6.45, 7) is 0. The van der Waals surface area contributed by atoms with E-state index < -0.39 is 18.0 Å². The Morgan fingerprint density at radius 3 is 2.45 bits per heavy atom. The molecule has 1 aromatic heterocycles. The molecular formula is C14H11N3O5. The summed E-state index contributed by atoms with van der Waals surface area (Å²) in [5.74, 6) is -1.45. The van der Waals surface area contributed by atoms with E-state index in [1.807, 2.05) is 5.48 Å². The van der Waals surface area contributed by atoms with Crippen molar-refractivity contribution in [3.63, 3.8) is 0 Å². The topological polar surface area (TPSA) is 121 Å². The van der Waals surface area contributed by atoms with E-state index in [1.54, 1.807) is 18.2 Å². The normalized spacial score (nSPS) is 9.64. The lowest BCUT2D eigenvalue weighted by Crippen LogP contribution is -2.27. The van der Waals surface area contributed by atoms with Crippen LogP contribution >= 0.6 is 0 Å². The highest BCUT2D eigenvalue weighted by Crippen LogP contribution is 2.11. The first-order valence-electron chi connectivity index (χ1n) is 6.05. The SMILES string of the molecule is NC(=O)Oc1cncc(C(=O)NOC(=O)c2ccccc2)c1. The predicted octanol–water partition coefficient (Wildman–Crippen LogP) is 1.04. The zero-order chi connectivity index (χ0) is 15.9. The number of carbonyl (C=O) groups is 3. The van der Waals surface area contributed by atoms with Crippen molar-refractivity contribution in [2.75, 3.05) is 0 Å². The van der Waals surface area contributed by atoms with Crippen LogP contribution in [-0.2, 0) is 4.84 Å². The molecule has 0 radical (unpaired) electrons. The number of hydrogen-bond acceptors (Lipinski definition) is 6. The molecule has 0 saturated carbocycles. The Labute approximate surface area is 124 Å². The third kappa shape index (κ3) is 4.04. The molecule has 0 aliphatic rings. The van der Waals surface area contributed by atoms with Crippen molar-refractivity contribution in [1.29, 1.82) is 0 Å². The van der Waals surface area contributed by atoms with Crippen molar-refractivity contribution in [2.24, 2.45) is 5.73 Å². The summed E-state index contributed by atoms with van der Waals surface area (Å²) < 4.78 is 4.59. The quantitative estimate of drug-likeness (QED) is 0.817. The van der Waals surface area contributed by atoms with Crippen LogP contribution in [0.3, 0.4) is 0 Å². The van der Waals surface area contributed by atoms with Crippen LogP contribution in [0.15, 0.2) is 48.8 Å². The lowest BCUT2D eigenvalue weighted by molar-refractivity contribution is 0.0230. The van der Waals surface area contributed by atoms with Crippen LogP contribution in [0, 0.1) is 0 Å². The average Bonchev–Trinajstić information content (AvgIpc) is 2.52. The van der Waals surface area contributed by atoms with Gasteiger partial charge in [-0.3, -0.25) is 9.78 Å². The van der Waals surface area contributed by atoms with Gasteiger partial charge in [-0.2, -0.15) is 5.48 Å². The van der Waals surface area contributed by atoms with Gasteiger partial charge in [-0.25, -0.2) is 9.59 Å². The van der Waals surface area contributed by atoms with Crippen molar-refractivity contribution in [1.82, 2.24) is 10.5 Å². The number of ether oxygens (including phenoxy) is 1. The second-order valence-electron chi connectivity index (χ2n) is 4.02. The molecule has 0 aliphatic heterocycles. The molecule has 0 aliphatic carbocycles. The fourth-order valence-electron chi connectivity index (χ4n) is 1.50. The number of primary amides is 1. The van der Waals surface area contributed by atoms with Crippen LogP contribution in [0.1, 0.15) is 20.7 Å². The number of nitrogens with zero attached hydrogens (tertiary/aromatic N) is 1. The lowest BCUT2D eigenvalue weighted by atomic mass is 10.2. The first-order chi connectivity index (χ1) is 10.6. The van der Waals surface area contributed by atoms with E-state index >= 15 is 0 Å². The molecule has 22 heavy (non-hydrogen) atoms. The second kappa shape index (κ2) is 6.84. The Hall–Kier alpha value is -3.42. The van der Waals surface area contributed by atoms with Crippen molar-refractivity contribution in [3.05, 3.63) is 59.9 Å². The van der Waals surface area contributed by atoms with Gasteiger partial charge in [0.25, 0.3) is 5.91 Å². The number of amides is 2. The minimum Gasteiger partial charge on any atom is -0.409 e. The van der Waals surface area contributed by atoms with Crippen LogP contribution in [0.4, 0.5) is 4.79 Å². The van der Waals surface area contributed by atoms with E-state index in [0.717, 1.165) is 0 Å². The average molecular weight is 301 g/mol. The van der Waals surface area contributed by atoms with Gasteiger partial charge < -0.3 is 15.3 Å². The summed E-state index contributed by atoms with van der Waals surface area (Å²) in [4.78, 5) is 42.5. The van der Waals surface area contributed by atoms with Gasteiger partial charge in [0, 0.05) is 6.20 Å². The number of hydroxylamine groups is 1. The first-order valence-corrected chi connectivity index (χ1v) is 6.05. The highest BCUT2D eigenvalue weighted by Gasteiger charge is 2.12. The molecule has 0 fully saturated rings. The Balaban J connectivity index is 1.98. The first kappa shape index (κ1) is 15.0. The van der Waals surface area contributed by atoms with Crippen LogP contribution in [-0.4, -0.2) is 23.0 Å². The molecule has 2 rings (SSSR count). The molecule has 8 nitrogen and oxygen atoms in total. The summed E-state index contributed by atoms with van der Waals surface area (Å²) in [7, 11) is 0. The van der Waals surface area contributed by atoms with Gasteiger partial charge in [0.15, 0.2) is 5.75 Å². The Bertz CT molecular complexity index is 703. The molecule has 0 atom stereocenters. The van der Waals surface area contributed by atoms with E-state index in [0.29, 0.717) is 0 Å². The van der Waals surface area contributed by atoms with Crippen molar-refractivity contribution >= 4 is 18.0 Å². The molecule has 0 unspecified atom stereocenters. The van der Waals surface area contributed by atoms with Gasteiger partial charge in [0.2, 0.25) is 0 Å². The maximum absolute atomic E-state index is 11.8. The van der Waals surface area contributed by atoms with Crippen molar-refractivity contribution < 1.29 is 24.0 Å². The molecular weight excluding hydrogens is 290 g/mol. The van der Waals surface area contributed by atoms with Gasteiger partial charge in [-0.15, -0.1) is 0 Å². The maximum atomic E-state index is 11.8. The molecule has 112 valence electrons. The number of aromatic nitrogens is 1. The molecule has 0 saturated heterocycles. The Morgan fingerprint density at radius 2 is 1.77 bits per heavy atom. The Kier molecular flexibility index (Phi) is 4.66. The summed E-state index contributed by atoms with van der Waals surface area (Å²) >= 11 is 0. The fourth-order valence-corrected chi connectivity index (χ4v) is 1.50. The smallest absolute Gasteiger partial charge is 0.409 e.